The minimum Gasteiger partial charge on any atom is -0.377 e. The van der Waals surface area contributed by atoms with Gasteiger partial charge in [-0.25, -0.2) is 0 Å². The maximum Gasteiger partial charge on any atom is 0.238 e. The fourth-order valence-electron chi connectivity index (χ4n) is 3.22. The van der Waals surface area contributed by atoms with Crippen molar-refractivity contribution in [2.24, 2.45) is 7.05 Å². The highest BCUT2D eigenvalue weighted by Gasteiger charge is 2.22. The molecule has 0 radical (unpaired) electrons. The zero-order valence-electron chi connectivity index (χ0n) is 15.1. The molecule has 136 valence electrons. The highest BCUT2D eigenvalue weighted by atomic mass is 32.1. The van der Waals surface area contributed by atoms with E-state index in [9.17, 15) is 4.79 Å². The second-order valence-corrected chi connectivity index (χ2v) is 7.63. The van der Waals surface area contributed by atoms with Crippen LogP contribution in [0.3, 0.4) is 0 Å². The number of amides is 1. The number of anilines is 1. The third-order valence-corrected chi connectivity index (χ3v) is 5.45. The largest absolute Gasteiger partial charge is 0.377 e. The number of aryl methyl sites for hydroxylation is 2. The van der Waals surface area contributed by atoms with Crippen molar-refractivity contribution in [3.63, 3.8) is 0 Å². The lowest BCUT2D eigenvalue weighted by Crippen LogP contribution is -2.37. The second kappa shape index (κ2) is 8.12. The number of rotatable bonds is 7. The number of nitrogens with one attached hydrogen (secondary N) is 1. The molecule has 1 aliphatic rings. The van der Waals surface area contributed by atoms with Crippen molar-refractivity contribution in [2.75, 3.05) is 25.0 Å². The molecule has 2 aromatic rings. The molecule has 2 aromatic heterocycles. The maximum absolute atomic E-state index is 12.6. The van der Waals surface area contributed by atoms with Gasteiger partial charge in [0, 0.05) is 31.6 Å². The summed E-state index contributed by atoms with van der Waals surface area (Å²) in [4.78, 5) is 16.1. The van der Waals surface area contributed by atoms with Crippen LogP contribution in [0.15, 0.2) is 17.5 Å². The number of hydrogen-bond donors (Lipinski definition) is 1. The SMILES string of the molecule is Cc1nn(C)c(C)c1NC(=O)CN(Cc1cccs1)C[C@H]1CCCO1. The molecule has 7 heteroatoms. The monoisotopic (exact) mass is 362 g/mol. The molecule has 0 spiro atoms. The van der Waals surface area contributed by atoms with Gasteiger partial charge in [-0.2, -0.15) is 5.10 Å². The van der Waals surface area contributed by atoms with E-state index in [4.69, 9.17) is 4.74 Å². The van der Waals surface area contributed by atoms with E-state index < -0.39 is 0 Å². The van der Waals surface area contributed by atoms with Gasteiger partial charge >= 0.3 is 0 Å². The van der Waals surface area contributed by atoms with Gasteiger partial charge in [-0.15, -0.1) is 11.3 Å². The highest BCUT2D eigenvalue weighted by molar-refractivity contribution is 7.09. The Bertz CT molecular complexity index is 705. The first-order chi connectivity index (χ1) is 12.0. The van der Waals surface area contributed by atoms with Crippen LogP contribution in [0.25, 0.3) is 0 Å². The molecule has 1 saturated heterocycles. The van der Waals surface area contributed by atoms with Crippen LogP contribution in [0.4, 0.5) is 5.69 Å². The Balaban J connectivity index is 1.64. The van der Waals surface area contributed by atoms with Crippen LogP contribution in [-0.2, 0) is 23.1 Å². The lowest BCUT2D eigenvalue weighted by molar-refractivity contribution is -0.117. The van der Waals surface area contributed by atoms with Crippen LogP contribution in [0, 0.1) is 13.8 Å². The van der Waals surface area contributed by atoms with E-state index >= 15 is 0 Å². The first-order valence-electron chi connectivity index (χ1n) is 8.69. The molecule has 0 bridgehead atoms. The van der Waals surface area contributed by atoms with Crippen molar-refractivity contribution in [3.05, 3.63) is 33.8 Å². The van der Waals surface area contributed by atoms with Crippen LogP contribution in [-0.4, -0.2) is 46.4 Å². The second-order valence-electron chi connectivity index (χ2n) is 6.60. The van der Waals surface area contributed by atoms with Gasteiger partial charge in [-0.1, -0.05) is 6.07 Å². The number of carbonyl (C=O) groups is 1. The van der Waals surface area contributed by atoms with E-state index in [0.717, 1.165) is 49.6 Å². The van der Waals surface area contributed by atoms with Crippen molar-refractivity contribution in [1.82, 2.24) is 14.7 Å². The molecule has 0 aliphatic carbocycles. The van der Waals surface area contributed by atoms with Crippen LogP contribution in [0.2, 0.25) is 0 Å². The van der Waals surface area contributed by atoms with Crippen molar-refractivity contribution < 1.29 is 9.53 Å². The maximum atomic E-state index is 12.6. The van der Waals surface area contributed by atoms with Crippen LogP contribution < -0.4 is 5.32 Å². The zero-order chi connectivity index (χ0) is 17.8. The summed E-state index contributed by atoms with van der Waals surface area (Å²) in [6.45, 7) is 6.62. The van der Waals surface area contributed by atoms with Crippen molar-refractivity contribution in [1.29, 1.82) is 0 Å². The number of thiophene rings is 1. The lowest BCUT2D eigenvalue weighted by atomic mass is 10.2. The predicted molar refractivity (Wildman–Crippen MR) is 99.9 cm³/mol. The Morgan fingerprint density at radius 1 is 1.52 bits per heavy atom. The molecule has 1 N–H and O–H groups in total. The summed E-state index contributed by atoms with van der Waals surface area (Å²) in [5, 5.41) is 9.46. The molecule has 3 rings (SSSR count). The Kier molecular flexibility index (Phi) is 5.88. The smallest absolute Gasteiger partial charge is 0.238 e. The Labute approximate surface area is 152 Å². The number of hydrogen-bond acceptors (Lipinski definition) is 5. The van der Waals surface area contributed by atoms with Crippen LogP contribution in [0.1, 0.15) is 29.1 Å². The zero-order valence-corrected chi connectivity index (χ0v) is 15.9. The Morgan fingerprint density at radius 2 is 2.36 bits per heavy atom. The third-order valence-electron chi connectivity index (χ3n) is 4.59. The Hall–Kier alpha value is -1.70. The van der Waals surface area contributed by atoms with E-state index in [1.165, 1.54) is 4.88 Å². The van der Waals surface area contributed by atoms with E-state index in [2.05, 4.69) is 26.8 Å². The average Bonchev–Trinajstić information content (AvgIpc) is 3.29. The summed E-state index contributed by atoms with van der Waals surface area (Å²) in [6.07, 6.45) is 2.41. The molecular weight excluding hydrogens is 336 g/mol. The summed E-state index contributed by atoms with van der Waals surface area (Å²) in [5.74, 6) is -0.00578. The fraction of sp³-hybridized carbons (Fsp3) is 0.556. The molecule has 6 nitrogen and oxygen atoms in total. The molecule has 3 heterocycles. The summed E-state index contributed by atoms with van der Waals surface area (Å²) < 4.78 is 7.55. The molecule has 25 heavy (non-hydrogen) atoms. The van der Waals surface area contributed by atoms with Crippen molar-refractivity contribution >= 4 is 22.9 Å². The molecule has 0 unspecified atom stereocenters. The summed E-state index contributed by atoms with van der Waals surface area (Å²) in [5.41, 5.74) is 2.63. The van der Waals surface area contributed by atoms with Gasteiger partial charge < -0.3 is 10.1 Å². The fourth-order valence-corrected chi connectivity index (χ4v) is 3.97. The van der Waals surface area contributed by atoms with E-state index in [1.807, 2.05) is 27.0 Å². The minimum absolute atomic E-state index is 0.00578. The Morgan fingerprint density at radius 3 is 2.96 bits per heavy atom. The highest BCUT2D eigenvalue weighted by Crippen LogP contribution is 2.20. The van der Waals surface area contributed by atoms with Gasteiger partial charge in [0.15, 0.2) is 0 Å². The van der Waals surface area contributed by atoms with E-state index in [-0.39, 0.29) is 12.0 Å². The molecule has 1 atom stereocenters. The first kappa shape index (κ1) is 18.1. The van der Waals surface area contributed by atoms with Gasteiger partial charge in [-0.05, 0) is 38.1 Å². The van der Waals surface area contributed by atoms with E-state index in [0.29, 0.717) is 6.54 Å². The van der Waals surface area contributed by atoms with Crippen LogP contribution >= 0.6 is 11.3 Å². The quantitative estimate of drug-likeness (QED) is 0.823. The van der Waals surface area contributed by atoms with Gasteiger partial charge in [0.05, 0.1) is 29.7 Å². The molecular formula is C18H26N4O2S. The average molecular weight is 362 g/mol. The molecule has 1 aliphatic heterocycles. The third kappa shape index (κ3) is 4.68. The number of carbonyl (C=O) groups excluding carboxylic acids is 1. The van der Waals surface area contributed by atoms with Gasteiger partial charge in [0.2, 0.25) is 5.91 Å². The predicted octanol–water partition coefficient (Wildman–Crippen LogP) is 2.72. The van der Waals surface area contributed by atoms with E-state index in [1.54, 1.807) is 16.0 Å². The minimum atomic E-state index is -0.00578. The first-order valence-corrected chi connectivity index (χ1v) is 9.57. The van der Waals surface area contributed by atoms with Gasteiger partial charge in [0.25, 0.3) is 0 Å². The molecule has 1 amide bonds. The standard InChI is InChI=1S/C18H26N4O2S/c1-13-18(14(2)21(3)20-13)19-17(23)12-22(10-15-6-4-8-24-15)11-16-7-5-9-25-16/h5,7,9,15H,4,6,8,10-12H2,1-3H3,(H,19,23)/t15-/m1/s1. The number of aromatic nitrogens is 2. The van der Waals surface area contributed by atoms with Crippen molar-refractivity contribution in [2.45, 2.75) is 39.3 Å². The lowest BCUT2D eigenvalue weighted by Gasteiger charge is -2.24. The van der Waals surface area contributed by atoms with Gasteiger partial charge in [0.1, 0.15) is 0 Å². The summed E-state index contributed by atoms with van der Waals surface area (Å²) in [6, 6.07) is 4.16. The number of ether oxygens (including phenoxy) is 1. The molecule has 1 fully saturated rings. The van der Waals surface area contributed by atoms with Crippen molar-refractivity contribution in [3.8, 4) is 0 Å². The van der Waals surface area contributed by atoms with Crippen LogP contribution in [0.5, 0.6) is 0 Å². The number of nitrogens with zero attached hydrogens (tertiary/aromatic N) is 3. The summed E-state index contributed by atoms with van der Waals surface area (Å²) >= 11 is 1.72. The molecule has 0 saturated carbocycles. The topological polar surface area (TPSA) is 59.4 Å². The normalized spacial score (nSPS) is 17.4. The molecule has 0 aromatic carbocycles. The van der Waals surface area contributed by atoms with Gasteiger partial charge in [-0.3, -0.25) is 14.4 Å². The summed E-state index contributed by atoms with van der Waals surface area (Å²) in [7, 11) is 1.89.